The number of aryl methyl sites for hydroxylation is 1. The van der Waals surface area contributed by atoms with Crippen LogP contribution in [0.2, 0.25) is 0 Å². The van der Waals surface area contributed by atoms with E-state index >= 15 is 0 Å². The van der Waals surface area contributed by atoms with Crippen LogP contribution in [0.3, 0.4) is 0 Å². The molecule has 0 aliphatic carbocycles. The number of imidazole rings is 1. The van der Waals surface area contributed by atoms with Gasteiger partial charge in [0, 0.05) is 54.8 Å². The van der Waals surface area contributed by atoms with E-state index in [0.29, 0.717) is 12.1 Å². The van der Waals surface area contributed by atoms with E-state index in [9.17, 15) is 8.78 Å². The maximum absolute atomic E-state index is 14.4. The molecule has 0 spiro atoms. The first kappa shape index (κ1) is 21.4. The summed E-state index contributed by atoms with van der Waals surface area (Å²) in [5, 5.41) is 3.51. The molecule has 164 valence electrons. The molecule has 0 radical (unpaired) electrons. The minimum atomic E-state index is -0.550. The number of benzene rings is 1. The maximum atomic E-state index is 14.4. The van der Waals surface area contributed by atoms with Gasteiger partial charge < -0.3 is 5.32 Å². The fourth-order valence-corrected chi connectivity index (χ4v) is 4.28. The van der Waals surface area contributed by atoms with Crippen LogP contribution in [0.25, 0.3) is 5.82 Å². The largest absolute Gasteiger partial charge is 0.381 e. The Kier molecular flexibility index (Phi) is 6.32. The Labute approximate surface area is 182 Å². The molecule has 0 unspecified atom stereocenters. The lowest BCUT2D eigenvalue weighted by Crippen LogP contribution is -2.33. The van der Waals surface area contributed by atoms with E-state index in [-0.39, 0.29) is 12.0 Å². The maximum Gasteiger partial charge on any atom is 0.161 e. The zero-order valence-electron chi connectivity index (χ0n) is 18.3. The van der Waals surface area contributed by atoms with Crippen molar-refractivity contribution < 1.29 is 8.78 Å². The molecule has 4 rings (SSSR count). The standard InChI is InChI=1S/C24H29F2N5/c1-16(2)23-29-15-19-6-5-12-30(17(3)20-9-8-18(25)14-21(20)26)13-11-27-22-7-4-10-28-24(22)31(19)23/h4,7-10,14-17,27H,5-6,11-13H2,1-3H3/t17-/m0/s1. The smallest absolute Gasteiger partial charge is 0.161 e. The average molecular weight is 426 g/mol. The predicted molar refractivity (Wildman–Crippen MR) is 119 cm³/mol. The highest BCUT2D eigenvalue weighted by atomic mass is 19.1. The van der Waals surface area contributed by atoms with E-state index in [1.54, 1.807) is 12.3 Å². The molecule has 0 saturated carbocycles. The highest BCUT2D eigenvalue weighted by Crippen LogP contribution is 2.28. The summed E-state index contributed by atoms with van der Waals surface area (Å²) in [5.74, 6) is 1.08. The van der Waals surface area contributed by atoms with Crippen molar-refractivity contribution in [1.82, 2.24) is 19.4 Å². The number of rotatable bonds is 3. The van der Waals surface area contributed by atoms with Crippen molar-refractivity contribution in [3.05, 3.63) is 71.4 Å². The molecule has 5 nitrogen and oxygen atoms in total. The monoisotopic (exact) mass is 425 g/mol. The normalized spacial score (nSPS) is 16.2. The lowest BCUT2D eigenvalue weighted by molar-refractivity contribution is 0.212. The van der Waals surface area contributed by atoms with Gasteiger partial charge in [0.1, 0.15) is 17.5 Å². The van der Waals surface area contributed by atoms with Gasteiger partial charge in [-0.2, -0.15) is 0 Å². The molecule has 7 heteroatoms. The first-order valence-electron chi connectivity index (χ1n) is 10.9. The van der Waals surface area contributed by atoms with E-state index < -0.39 is 11.6 Å². The zero-order valence-corrected chi connectivity index (χ0v) is 18.3. The van der Waals surface area contributed by atoms with Crippen LogP contribution in [-0.4, -0.2) is 39.1 Å². The van der Waals surface area contributed by atoms with Crippen molar-refractivity contribution in [3.63, 3.8) is 0 Å². The van der Waals surface area contributed by atoms with Gasteiger partial charge in [0.25, 0.3) is 0 Å². The second-order valence-electron chi connectivity index (χ2n) is 8.38. The van der Waals surface area contributed by atoms with Crippen molar-refractivity contribution in [1.29, 1.82) is 0 Å². The molecule has 1 aliphatic heterocycles. The summed E-state index contributed by atoms with van der Waals surface area (Å²) in [6, 6.07) is 7.63. The Hall–Kier alpha value is -2.80. The first-order chi connectivity index (χ1) is 15.0. The Morgan fingerprint density at radius 1 is 1.06 bits per heavy atom. The summed E-state index contributed by atoms with van der Waals surface area (Å²) < 4.78 is 30.0. The van der Waals surface area contributed by atoms with Crippen LogP contribution in [0.4, 0.5) is 14.5 Å². The molecule has 1 aliphatic rings. The molecular weight excluding hydrogens is 396 g/mol. The van der Waals surface area contributed by atoms with Crippen LogP contribution < -0.4 is 5.32 Å². The highest BCUT2D eigenvalue weighted by Gasteiger charge is 2.22. The van der Waals surface area contributed by atoms with E-state index in [1.165, 1.54) is 6.07 Å². The topological polar surface area (TPSA) is 46.0 Å². The van der Waals surface area contributed by atoms with Gasteiger partial charge >= 0.3 is 0 Å². The number of hydrogen-bond acceptors (Lipinski definition) is 4. The highest BCUT2D eigenvalue weighted by molar-refractivity contribution is 5.58. The van der Waals surface area contributed by atoms with E-state index in [1.807, 2.05) is 25.3 Å². The third-order valence-electron chi connectivity index (χ3n) is 5.93. The number of pyridine rings is 1. The van der Waals surface area contributed by atoms with Crippen molar-refractivity contribution >= 4 is 5.69 Å². The van der Waals surface area contributed by atoms with Gasteiger partial charge in [-0.1, -0.05) is 19.9 Å². The lowest BCUT2D eigenvalue weighted by atomic mass is 10.1. The Bertz CT molecular complexity index is 1050. The molecule has 3 heterocycles. The number of anilines is 1. The summed E-state index contributed by atoms with van der Waals surface area (Å²) in [5.41, 5.74) is 2.59. The van der Waals surface area contributed by atoms with Crippen molar-refractivity contribution in [2.24, 2.45) is 0 Å². The van der Waals surface area contributed by atoms with Crippen molar-refractivity contribution in [2.75, 3.05) is 25.0 Å². The molecule has 2 aromatic heterocycles. The summed E-state index contributed by atoms with van der Waals surface area (Å²) in [7, 11) is 0. The second kappa shape index (κ2) is 9.14. The van der Waals surface area contributed by atoms with Gasteiger partial charge in [-0.3, -0.25) is 9.47 Å². The van der Waals surface area contributed by atoms with Crippen molar-refractivity contribution in [3.8, 4) is 5.82 Å². The van der Waals surface area contributed by atoms with E-state index in [0.717, 1.165) is 55.0 Å². The zero-order chi connectivity index (χ0) is 22.0. The molecule has 31 heavy (non-hydrogen) atoms. The van der Waals surface area contributed by atoms with Crippen LogP contribution in [0, 0.1) is 11.6 Å². The van der Waals surface area contributed by atoms with Gasteiger partial charge in [-0.05, 0) is 44.5 Å². The number of fused-ring (bicyclic) bond motifs is 3. The predicted octanol–water partition coefficient (Wildman–Crippen LogP) is 5.09. The Balaban J connectivity index is 1.65. The van der Waals surface area contributed by atoms with Gasteiger partial charge in [0.2, 0.25) is 0 Å². The Morgan fingerprint density at radius 3 is 2.68 bits per heavy atom. The molecular formula is C24H29F2N5. The summed E-state index contributed by atoms with van der Waals surface area (Å²) >= 11 is 0. The van der Waals surface area contributed by atoms with Crippen LogP contribution in [-0.2, 0) is 6.42 Å². The SMILES string of the molecule is CC(C)c1ncc2n1-c1ncccc1NCCN([C@@H](C)c1ccc(F)cc1F)CCC2. The number of hydrogen-bond donors (Lipinski definition) is 1. The number of nitrogens with zero attached hydrogens (tertiary/aromatic N) is 4. The van der Waals surface area contributed by atoms with Crippen molar-refractivity contribution in [2.45, 2.75) is 45.6 Å². The van der Waals surface area contributed by atoms with Gasteiger partial charge in [0.15, 0.2) is 5.82 Å². The average Bonchev–Trinajstić information content (AvgIpc) is 3.15. The molecule has 1 N–H and O–H groups in total. The third kappa shape index (κ3) is 4.46. The van der Waals surface area contributed by atoms with Gasteiger partial charge in [0.05, 0.1) is 5.69 Å². The minimum absolute atomic E-state index is 0.160. The molecule has 3 aromatic rings. The third-order valence-corrected chi connectivity index (χ3v) is 5.93. The summed E-state index contributed by atoms with van der Waals surface area (Å²) in [6.07, 6.45) is 5.49. The molecule has 0 saturated heterocycles. The molecule has 0 amide bonds. The quantitative estimate of drug-likeness (QED) is 0.635. The lowest BCUT2D eigenvalue weighted by Gasteiger charge is -2.30. The van der Waals surface area contributed by atoms with Crippen LogP contribution in [0.1, 0.15) is 56.2 Å². The Morgan fingerprint density at radius 2 is 1.90 bits per heavy atom. The van der Waals surface area contributed by atoms with Gasteiger partial charge in [-0.15, -0.1) is 0 Å². The van der Waals surface area contributed by atoms with Gasteiger partial charge in [-0.25, -0.2) is 18.7 Å². The molecule has 0 bridgehead atoms. The molecule has 1 aromatic carbocycles. The van der Waals surface area contributed by atoms with E-state index in [4.69, 9.17) is 0 Å². The minimum Gasteiger partial charge on any atom is -0.381 e. The molecule has 0 fully saturated rings. The second-order valence-corrected chi connectivity index (χ2v) is 8.38. The fraction of sp³-hybridized carbons (Fsp3) is 0.417. The van der Waals surface area contributed by atoms with E-state index in [2.05, 4.69) is 38.6 Å². The molecule has 1 atom stereocenters. The van der Waals surface area contributed by atoms with Crippen LogP contribution in [0.15, 0.2) is 42.7 Å². The number of halogens is 2. The van der Waals surface area contributed by atoms with Crippen LogP contribution in [0.5, 0.6) is 0 Å². The first-order valence-corrected chi connectivity index (χ1v) is 10.9. The number of nitrogens with one attached hydrogen (secondary N) is 1. The fourth-order valence-electron chi connectivity index (χ4n) is 4.28. The summed E-state index contributed by atoms with van der Waals surface area (Å²) in [4.78, 5) is 11.6. The summed E-state index contributed by atoms with van der Waals surface area (Å²) in [6.45, 7) is 8.47. The van der Waals surface area contributed by atoms with Crippen LogP contribution >= 0.6 is 0 Å². The number of aromatic nitrogens is 3.